The van der Waals surface area contributed by atoms with E-state index in [1.54, 1.807) is 0 Å². The Hall–Kier alpha value is -0.810. The van der Waals surface area contributed by atoms with Crippen LogP contribution in [0.1, 0.15) is 12.8 Å². The van der Waals surface area contributed by atoms with Crippen LogP contribution in [0.5, 0.6) is 0 Å². The number of aliphatic hydroxyl groups is 1. The van der Waals surface area contributed by atoms with Gasteiger partial charge in [0.15, 0.2) is 0 Å². The van der Waals surface area contributed by atoms with Gasteiger partial charge in [-0.3, -0.25) is 0 Å². The Morgan fingerprint density at radius 3 is 1.82 bits per heavy atom. The molecular weight excluding hydrogens is 152 g/mol. The summed E-state index contributed by atoms with van der Waals surface area (Å²) in [4.78, 5) is 8.56. The van der Waals surface area contributed by atoms with E-state index in [9.17, 15) is 0 Å². The molecule has 1 fully saturated rings. The Balaban J connectivity index is 0.000000218. The van der Waals surface area contributed by atoms with Gasteiger partial charge in [0.1, 0.15) is 0 Å². The highest BCUT2D eigenvalue weighted by atomic mass is 16.6. The van der Waals surface area contributed by atoms with E-state index in [-0.39, 0.29) is 6.10 Å². The molecule has 0 bridgehead atoms. The van der Waals surface area contributed by atoms with Gasteiger partial charge in [-0.25, -0.2) is 4.79 Å². The molecule has 0 aromatic heterocycles. The molecule has 0 atom stereocenters. The second-order valence-electron chi connectivity index (χ2n) is 2.13. The summed E-state index contributed by atoms with van der Waals surface area (Å²) in [5.41, 5.74) is 0. The van der Waals surface area contributed by atoms with Crippen LogP contribution in [0.3, 0.4) is 0 Å². The van der Waals surface area contributed by atoms with Gasteiger partial charge in [0.25, 0.3) is 0 Å². The SMILES string of the molecule is O=C(O)O.OC1CCOCC1. The van der Waals surface area contributed by atoms with Gasteiger partial charge in [-0.05, 0) is 12.8 Å². The number of carbonyl (C=O) groups is 1. The van der Waals surface area contributed by atoms with Crippen LogP contribution in [0, 0.1) is 0 Å². The second kappa shape index (κ2) is 5.94. The molecule has 1 rings (SSSR count). The van der Waals surface area contributed by atoms with Gasteiger partial charge in [-0.15, -0.1) is 0 Å². The monoisotopic (exact) mass is 164 g/mol. The first-order valence-corrected chi connectivity index (χ1v) is 3.30. The fourth-order valence-electron chi connectivity index (χ4n) is 0.685. The molecule has 0 spiro atoms. The van der Waals surface area contributed by atoms with Crippen LogP contribution < -0.4 is 0 Å². The highest BCUT2D eigenvalue weighted by Gasteiger charge is 2.07. The molecule has 0 saturated carbocycles. The van der Waals surface area contributed by atoms with Crippen LogP contribution in [-0.2, 0) is 4.74 Å². The van der Waals surface area contributed by atoms with Crippen LogP contribution in [0.25, 0.3) is 0 Å². The first kappa shape index (κ1) is 10.2. The van der Waals surface area contributed by atoms with Crippen molar-refractivity contribution in [3.63, 3.8) is 0 Å². The van der Waals surface area contributed by atoms with E-state index in [4.69, 9.17) is 24.9 Å². The Kier molecular flexibility index (Phi) is 5.50. The lowest BCUT2D eigenvalue weighted by Crippen LogP contribution is -2.19. The molecule has 3 N–H and O–H groups in total. The van der Waals surface area contributed by atoms with E-state index in [1.165, 1.54) is 0 Å². The van der Waals surface area contributed by atoms with Crippen molar-refractivity contribution in [1.82, 2.24) is 0 Å². The lowest BCUT2D eigenvalue weighted by Gasteiger charge is -2.15. The quantitative estimate of drug-likeness (QED) is 0.481. The topological polar surface area (TPSA) is 87.0 Å². The second-order valence-corrected chi connectivity index (χ2v) is 2.13. The predicted molar refractivity (Wildman–Crippen MR) is 36.7 cm³/mol. The third kappa shape index (κ3) is 9.19. The summed E-state index contributed by atoms with van der Waals surface area (Å²) in [5, 5.41) is 22.8. The average molecular weight is 164 g/mol. The molecule has 5 nitrogen and oxygen atoms in total. The highest BCUT2D eigenvalue weighted by molar-refractivity contribution is 5.53. The smallest absolute Gasteiger partial charge is 0.450 e. The Labute approximate surface area is 64.2 Å². The van der Waals surface area contributed by atoms with Gasteiger partial charge >= 0.3 is 6.16 Å². The van der Waals surface area contributed by atoms with Crippen molar-refractivity contribution in [1.29, 1.82) is 0 Å². The average Bonchev–Trinajstić information content (AvgIpc) is 1.87. The molecule has 1 saturated heterocycles. The zero-order valence-electron chi connectivity index (χ0n) is 6.06. The minimum atomic E-state index is -1.83. The summed E-state index contributed by atoms with van der Waals surface area (Å²) in [7, 11) is 0. The maximum Gasteiger partial charge on any atom is 0.503 e. The van der Waals surface area contributed by atoms with Crippen molar-refractivity contribution in [2.24, 2.45) is 0 Å². The van der Waals surface area contributed by atoms with E-state index in [1.807, 2.05) is 0 Å². The fourth-order valence-corrected chi connectivity index (χ4v) is 0.685. The number of rotatable bonds is 0. The number of ether oxygens (including phenoxy) is 1. The van der Waals surface area contributed by atoms with E-state index in [2.05, 4.69) is 0 Å². The van der Waals surface area contributed by atoms with Crippen LogP contribution in [0.15, 0.2) is 0 Å². The predicted octanol–water partition coefficient (Wildman–Crippen LogP) is 0.380. The molecule has 11 heavy (non-hydrogen) atoms. The molecule has 0 aromatic carbocycles. The van der Waals surface area contributed by atoms with E-state index < -0.39 is 6.16 Å². The number of carboxylic acid groups (broad SMARTS) is 2. The minimum Gasteiger partial charge on any atom is -0.450 e. The molecule has 0 amide bonds. The molecule has 0 aromatic rings. The van der Waals surface area contributed by atoms with Gasteiger partial charge in [0.05, 0.1) is 6.10 Å². The van der Waals surface area contributed by atoms with Crippen molar-refractivity contribution >= 4 is 6.16 Å². The van der Waals surface area contributed by atoms with Crippen molar-refractivity contribution in [2.45, 2.75) is 18.9 Å². The first-order valence-electron chi connectivity index (χ1n) is 3.30. The summed E-state index contributed by atoms with van der Waals surface area (Å²) in [6, 6.07) is 0. The van der Waals surface area contributed by atoms with Crippen LogP contribution in [0.2, 0.25) is 0 Å². The van der Waals surface area contributed by atoms with Crippen molar-refractivity contribution in [3.8, 4) is 0 Å². The normalized spacial score (nSPS) is 18.3. The summed E-state index contributed by atoms with van der Waals surface area (Å²) >= 11 is 0. The van der Waals surface area contributed by atoms with Gasteiger partial charge in [-0.2, -0.15) is 0 Å². The molecule has 5 heteroatoms. The summed E-state index contributed by atoms with van der Waals surface area (Å²) in [6.45, 7) is 1.47. The standard InChI is InChI=1S/C5H10O2.CH2O3/c6-5-1-3-7-4-2-5;2-1(3)4/h5-6H,1-4H2;(H2,2,3,4). The molecule has 0 aliphatic carbocycles. The zero-order chi connectivity index (χ0) is 8.69. The van der Waals surface area contributed by atoms with Crippen molar-refractivity contribution in [3.05, 3.63) is 0 Å². The first-order chi connectivity index (χ1) is 5.13. The molecule has 1 aliphatic rings. The van der Waals surface area contributed by atoms with Crippen molar-refractivity contribution < 1.29 is 24.9 Å². The fraction of sp³-hybridized carbons (Fsp3) is 0.833. The lowest BCUT2D eigenvalue weighted by atomic mass is 10.2. The molecule has 0 radical (unpaired) electrons. The third-order valence-electron chi connectivity index (χ3n) is 1.19. The molecule has 0 unspecified atom stereocenters. The largest absolute Gasteiger partial charge is 0.503 e. The van der Waals surface area contributed by atoms with E-state index in [0.717, 1.165) is 26.1 Å². The minimum absolute atomic E-state index is 0.0891. The van der Waals surface area contributed by atoms with Crippen LogP contribution in [-0.4, -0.2) is 40.8 Å². The zero-order valence-corrected chi connectivity index (χ0v) is 6.06. The molecule has 66 valence electrons. The van der Waals surface area contributed by atoms with E-state index in [0.29, 0.717) is 0 Å². The number of hydrogen-bond donors (Lipinski definition) is 3. The van der Waals surface area contributed by atoms with Crippen LogP contribution >= 0.6 is 0 Å². The summed E-state index contributed by atoms with van der Waals surface area (Å²) in [5.74, 6) is 0. The molecule has 1 aliphatic heterocycles. The summed E-state index contributed by atoms with van der Waals surface area (Å²) < 4.78 is 4.98. The Morgan fingerprint density at radius 2 is 1.64 bits per heavy atom. The molecule has 1 heterocycles. The number of hydrogen-bond acceptors (Lipinski definition) is 3. The van der Waals surface area contributed by atoms with Crippen molar-refractivity contribution in [2.75, 3.05) is 13.2 Å². The lowest BCUT2D eigenvalue weighted by molar-refractivity contribution is 0.0140. The summed E-state index contributed by atoms with van der Waals surface area (Å²) in [6.07, 6.45) is -0.284. The van der Waals surface area contributed by atoms with Gasteiger partial charge in [0, 0.05) is 13.2 Å². The highest BCUT2D eigenvalue weighted by Crippen LogP contribution is 2.04. The van der Waals surface area contributed by atoms with Gasteiger partial charge < -0.3 is 20.1 Å². The molecular formula is C6H12O5. The van der Waals surface area contributed by atoms with Gasteiger partial charge in [-0.1, -0.05) is 0 Å². The van der Waals surface area contributed by atoms with Gasteiger partial charge in [0.2, 0.25) is 0 Å². The van der Waals surface area contributed by atoms with E-state index >= 15 is 0 Å². The maximum absolute atomic E-state index is 8.83. The Bertz CT molecular complexity index is 104. The van der Waals surface area contributed by atoms with Crippen LogP contribution in [0.4, 0.5) is 4.79 Å². The third-order valence-corrected chi connectivity index (χ3v) is 1.19. The number of aliphatic hydroxyl groups excluding tert-OH is 1. The Morgan fingerprint density at radius 1 is 1.27 bits per heavy atom. The maximum atomic E-state index is 8.83.